The van der Waals surface area contributed by atoms with Gasteiger partial charge in [-0.1, -0.05) is 24.6 Å². The normalized spacial score (nSPS) is 11.4. The van der Waals surface area contributed by atoms with Crippen LogP contribution in [0.4, 0.5) is 5.69 Å². The van der Waals surface area contributed by atoms with Crippen molar-refractivity contribution in [2.24, 2.45) is 5.10 Å². The molecule has 0 unspecified atom stereocenters. The number of amides is 1. The van der Waals surface area contributed by atoms with Crippen LogP contribution in [0.1, 0.15) is 31.4 Å². The summed E-state index contributed by atoms with van der Waals surface area (Å²) in [5, 5.41) is 4.03. The number of aryl methyl sites for hydroxylation is 1. The van der Waals surface area contributed by atoms with E-state index in [2.05, 4.69) is 10.5 Å². The Morgan fingerprint density at radius 2 is 1.71 bits per heavy atom. The van der Waals surface area contributed by atoms with Crippen molar-refractivity contribution in [1.29, 1.82) is 0 Å². The van der Waals surface area contributed by atoms with Crippen LogP contribution in [0.3, 0.4) is 0 Å². The van der Waals surface area contributed by atoms with Crippen molar-refractivity contribution in [3.8, 4) is 11.5 Å². The Morgan fingerprint density at radius 3 is 2.34 bits per heavy atom. The molecule has 38 heavy (non-hydrogen) atoms. The van der Waals surface area contributed by atoms with E-state index in [0.29, 0.717) is 36.0 Å². The molecule has 0 radical (unpaired) electrons. The SMILES string of the molecule is CCCOc1ccc(/C=N\NC(=O)CN(c2ccc(C)cc2)S(=O)(=O)c2ccc(SC)cc2)cc1OCC. The van der Waals surface area contributed by atoms with Crippen molar-refractivity contribution in [3.05, 3.63) is 77.9 Å². The molecule has 1 amide bonds. The predicted molar refractivity (Wildman–Crippen MR) is 153 cm³/mol. The molecule has 1 N–H and O–H groups in total. The van der Waals surface area contributed by atoms with Gasteiger partial charge in [-0.3, -0.25) is 9.10 Å². The third-order valence-corrected chi connectivity index (χ3v) is 7.92. The summed E-state index contributed by atoms with van der Waals surface area (Å²) in [7, 11) is -4.01. The van der Waals surface area contributed by atoms with Gasteiger partial charge in [0.1, 0.15) is 6.54 Å². The number of benzene rings is 3. The fraction of sp³-hybridized carbons (Fsp3) is 0.286. The van der Waals surface area contributed by atoms with Gasteiger partial charge in [0, 0.05) is 4.90 Å². The standard InChI is InChI=1S/C28H33N3O5S2/c1-5-17-36-26-16-9-22(18-27(26)35-6-2)19-29-30-28(32)20-31(23-10-7-21(3)8-11-23)38(33,34)25-14-12-24(37-4)13-15-25/h7-16,18-19H,5-6,17,20H2,1-4H3,(H,30,32)/b29-19-. The van der Waals surface area contributed by atoms with Crippen LogP contribution in [0.15, 0.2) is 81.6 Å². The lowest BCUT2D eigenvalue weighted by molar-refractivity contribution is -0.119. The molecule has 3 aromatic carbocycles. The van der Waals surface area contributed by atoms with Crippen molar-refractivity contribution < 1.29 is 22.7 Å². The van der Waals surface area contributed by atoms with E-state index in [1.807, 2.05) is 27.0 Å². The van der Waals surface area contributed by atoms with E-state index in [0.717, 1.165) is 21.2 Å². The van der Waals surface area contributed by atoms with Crippen molar-refractivity contribution in [3.63, 3.8) is 0 Å². The zero-order chi connectivity index (χ0) is 27.5. The summed E-state index contributed by atoms with van der Waals surface area (Å²) in [6, 6.07) is 18.9. The van der Waals surface area contributed by atoms with E-state index < -0.39 is 22.5 Å². The Kier molecular flexibility index (Phi) is 10.6. The van der Waals surface area contributed by atoms with Gasteiger partial charge in [-0.2, -0.15) is 5.10 Å². The smallest absolute Gasteiger partial charge is 0.264 e. The van der Waals surface area contributed by atoms with E-state index in [-0.39, 0.29) is 4.90 Å². The van der Waals surface area contributed by atoms with Crippen LogP contribution in [0.2, 0.25) is 0 Å². The quantitative estimate of drug-likeness (QED) is 0.176. The number of ether oxygens (including phenoxy) is 2. The summed E-state index contributed by atoms with van der Waals surface area (Å²) >= 11 is 1.52. The number of hydrogen-bond acceptors (Lipinski definition) is 7. The molecule has 0 spiro atoms. The predicted octanol–water partition coefficient (Wildman–Crippen LogP) is 5.25. The molecule has 0 aliphatic carbocycles. The fourth-order valence-electron chi connectivity index (χ4n) is 3.45. The molecule has 10 heteroatoms. The average Bonchev–Trinajstić information content (AvgIpc) is 2.92. The number of nitrogens with zero attached hydrogens (tertiary/aromatic N) is 2. The zero-order valence-corrected chi connectivity index (χ0v) is 23.6. The number of carbonyl (C=O) groups excluding carboxylic acids is 1. The van der Waals surface area contributed by atoms with Gasteiger partial charge in [0.15, 0.2) is 11.5 Å². The highest BCUT2D eigenvalue weighted by molar-refractivity contribution is 7.98. The maximum absolute atomic E-state index is 13.5. The molecule has 3 aromatic rings. The van der Waals surface area contributed by atoms with Crippen LogP contribution in [0, 0.1) is 6.92 Å². The van der Waals surface area contributed by atoms with E-state index >= 15 is 0 Å². The first-order valence-electron chi connectivity index (χ1n) is 12.2. The average molecular weight is 556 g/mol. The second-order valence-corrected chi connectivity index (χ2v) is 11.0. The Morgan fingerprint density at radius 1 is 1.00 bits per heavy atom. The van der Waals surface area contributed by atoms with Gasteiger partial charge >= 0.3 is 0 Å². The van der Waals surface area contributed by atoms with Crippen LogP contribution >= 0.6 is 11.8 Å². The van der Waals surface area contributed by atoms with Gasteiger partial charge < -0.3 is 9.47 Å². The summed E-state index contributed by atoms with van der Waals surface area (Å²) < 4.78 is 39.5. The summed E-state index contributed by atoms with van der Waals surface area (Å²) in [6.45, 7) is 6.42. The highest BCUT2D eigenvalue weighted by Gasteiger charge is 2.27. The van der Waals surface area contributed by atoms with Gasteiger partial charge in [0.25, 0.3) is 15.9 Å². The third-order valence-electron chi connectivity index (χ3n) is 5.39. The van der Waals surface area contributed by atoms with Gasteiger partial charge in [-0.15, -0.1) is 11.8 Å². The lowest BCUT2D eigenvalue weighted by Crippen LogP contribution is -2.39. The van der Waals surface area contributed by atoms with E-state index in [9.17, 15) is 13.2 Å². The Labute approximate surface area is 229 Å². The lowest BCUT2D eigenvalue weighted by atomic mass is 10.2. The highest BCUT2D eigenvalue weighted by atomic mass is 32.2. The topological polar surface area (TPSA) is 97.3 Å². The fourth-order valence-corrected chi connectivity index (χ4v) is 5.28. The molecule has 0 bridgehead atoms. The minimum absolute atomic E-state index is 0.0982. The summed E-state index contributed by atoms with van der Waals surface area (Å²) in [5.41, 5.74) is 4.48. The van der Waals surface area contributed by atoms with E-state index in [1.165, 1.54) is 18.0 Å². The summed E-state index contributed by atoms with van der Waals surface area (Å²) in [4.78, 5) is 13.9. The number of carbonyl (C=O) groups is 1. The number of thioether (sulfide) groups is 1. The maximum atomic E-state index is 13.5. The molecule has 0 aliphatic heterocycles. The van der Waals surface area contributed by atoms with Crippen molar-refractivity contribution in [2.75, 3.05) is 30.3 Å². The molecule has 0 heterocycles. The number of rotatable bonds is 13. The Balaban J connectivity index is 1.78. The van der Waals surface area contributed by atoms with Gasteiger partial charge in [0.2, 0.25) is 0 Å². The molecule has 0 saturated heterocycles. The highest BCUT2D eigenvalue weighted by Crippen LogP contribution is 2.28. The number of hydrazone groups is 1. The Hall–Kier alpha value is -3.50. The summed E-state index contributed by atoms with van der Waals surface area (Å²) in [5.74, 6) is 0.638. The molecule has 8 nitrogen and oxygen atoms in total. The minimum atomic E-state index is -4.01. The van der Waals surface area contributed by atoms with Crippen molar-refractivity contribution in [2.45, 2.75) is 37.0 Å². The van der Waals surface area contributed by atoms with Crippen molar-refractivity contribution in [1.82, 2.24) is 5.43 Å². The molecule has 0 atom stereocenters. The number of anilines is 1. The first kappa shape index (κ1) is 29.1. The first-order chi connectivity index (χ1) is 18.3. The molecule has 0 fully saturated rings. The first-order valence-corrected chi connectivity index (χ1v) is 14.9. The van der Waals surface area contributed by atoms with Gasteiger partial charge in [-0.05, 0) is 86.7 Å². The number of sulfonamides is 1. The second kappa shape index (κ2) is 13.9. The van der Waals surface area contributed by atoms with E-state index in [1.54, 1.807) is 66.7 Å². The van der Waals surface area contributed by atoms with Crippen LogP contribution in [-0.4, -0.2) is 46.6 Å². The van der Waals surface area contributed by atoms with Crippen LogP contribution < -0.4 is 19.2 Å². The maximum Gasteiger partial charge on any atom is 0.264 e. The second-order valence-electron chi connectivity index (χ2n) is 8.30. The number of hydrogen-bond donors (Lipinski definition) is 1. The monoisotopic (exact) mass is 555 g/mol. The van der Waals surface area contributed by atoms with Crippen molar-refractivity contribution >= 4 is 39.6 Å². The zero-order valence-electron chi connectivity index (χ0n) is 22.0. The van der Waals surface area contributed by atoms with E-state index in [4.69, 9.17) is 9.47 Å². The molecular weight excluding hydrogens is 522 g/mol. The third kappa shape index (κ3) is 7.75. The molecular formula is C28H33N3O5S2. The molecule has 0 aromatic heterocycles. The Bertz CT molecular complexity index is 1340. The number of nitrogens with one attached hydrogen (secondary N) is 1. The van der Waals surface area contributed by atoms with Crippen LogP contribution in [0.25, 0.3) is 0 Å². The largest absolute Gasteiger partial charge is 0.490 e. The molecule has 3 rings (SSSR count). The van der Waals surface area contributed by atoms with Gasteiger partial charge in [0.05, 0.1) is 30.0 Å². The van der Waals surface area contributed by atoms with Gasteiger partial charge in [-0.25, -0.2) is 13.8 Å². The molecule has 0 aliphatic rings. The molecule has 0 saturated carbocycles. The molecule has 202 valence electrons. The minimum Gasteiger partial charge on any atom is -0.490 e. The lowest BCUT2D eigenvalue weighted by Gasteiger charge is -2.24. The summed E-state index contributed by atoms with van der Waals surface area (Å²) in [6.07, 6.45) is 4.26. The van der Waals surface area contributed by atoms with Crippen LogP contribution in [-0.2, 0) is 14.8 Å². The van der Waals surface area contributed by atoms with Crippen LogP contribution in [0.5, 0.6) is 11.5 Å².